The van der Waals surface area contributed by atoms with E-state index in [1.165, 1.54) is 144 Å². The van der Waals surface area contributed by atoms with Crippen LogP contribution in [0.15, 0.2) is 121 Å². The molecule has 0 aromatic heterocycles. The lowest BCUT2D eigenvalue weighted by atomic mass is 9.54. The third-order valence-electron chi connectivity index (χ3n) is 18.0. The predicted molar refractivity (Wildman–Crippen MR) is 296 cm³/mol. The molecule has 1 N–H and O–H groups in total. The van der Waals surface area contributed by atoms with Crippen LogP contribution in [-0.4, -0.2) is 7.28 Å². The van der Waals surface area contributed by atoms with E-state index in [-0.39, 0.29) is 32.5 Å². The van der Waals surface area contributed by atoms with Crippen molar-refractivity contribution in [1.82, 2.24) is 0 Å². The van der Waals surface area contributed by atoms with Crippen LogP contribution in [0, 0.1) is 6.92 Å². The predicted octanol–water partition coefficient (Wildman–Crippen LogP) is 16.4. The van der Waals surface area contributed by atoms with E-state index in [0.717, 1.165) is 13.0 Å². The van der Waals surface area contributed by atoms with Gasteiger partial charge in [0.15, 0.2) is 7.28 Å². The van der Waals surface area contributed by atoms with E-state index in [9.17, 15) is 0 Å². The second-order valence-corrected chi connectivity index (χ2v) is 25.5. The van der Waals surface area contributed by atoms with Crippen LogP contribution in [0.2, 0.25) is 0 Å². The number of nitrogens with zero attached hydrogens (tertiary/aromatic N) is 1. The van der Waals surface area contributed by atoms with Crippen molar-refractivity contribution in [3.8, 4) is 22.3 Å². The van der Waals surface area contributed by atoms with E-state index < -0.39 is 0 Å². The van der Waals surface area contributed by atoms with Crippen molar-refractivity contribution in [2.45, 2.75) is 161 Å². The summed E-state index contributed by atoms with van der Waals surface area (Å²) < 4.78 is 0. The van der Waals surface area contributed by atoms with Crippen LogP contribution in [0.25, 0.3) is 33.0 Å². The minimum atomic E-state index is 0.0449. The Kier molecular flexibility index (Phi) is 10.1. The molecule has 0 radical (unpaired) electrons. The van der Waals surface area contributed by atoms with Crippen molar-refractivity contribution in [2.24, 2.45) is 0 Å². The maximum Gasteiger partial charge on any atom is 0.198 e. The van der Waals surface area contributed by atoms with Crippen molar-refractivity contribution in [3.05, 3.63) is 160 Å². The summed E-state index contributed by atoms with van der Waals surface area (Å²) in [5.41, 5.74) is 25.1. The fourth-order valence-corrected chi connectivity index (χ4v) is 13.0. The lowest BCUT2D eigenvalue weighted by Crippen LogP contribution is -2.44. The molecule has 3 heteroatoms. The molecule has 0 unspecified atom stereocenters. The highest BCUT2D eigenvalue weighted by atomic mass is 15.2. The number of anilines is 5. The van der Waals surface area contributed by atoms with Gasteiger partial charge in [0.05, 0.1) is 0 Å². The Labute approximate surface area is 409 Å². The van der Waals surface area contributed by atoms with Crippen molar-refractivity contribution in [2.75, 3.05) is 10.2 Å². The average Bonchev–Trinajstić information content (AvgIpc) is 3.30. The Balaban J connectivity index is 1.21. The standard InChI is InChI=1S/C65H73BN2/c1-40-33-48-52(64(10,11)31-27-60(48,2)3)38-56(40)68-57-39-53-50(62(6,7)29-32-65(53,12)13)36-54(57)66-58-47(34-43-21-17-18-22-45(43)59(58)68)46-35-49-51(63(8,9)30-28-61(49,4)5)37-55(46)67-44-25-23-42(24-26-44)41-19-15-14-16-20-41/h14-26,33-39,66-67H,27-32H2,1-13H3. The zero-order chi connectivity index (χ0) is 47.9. The van der Waals surface area contributed by atoms with E-state index in [1.807, 2.05) is 0 Å². The minimum Gasteiger partial charge on any atom is -0.355 e. The summed E-state index contributed by atoms with van der Waals surface area (Å²) in [6.07, 6.45) is 7.10. The molecular formula is C65H73BN2. The molecule has 1 heterocycles. The molecule has 7 aromatic rings. The van der Waals surface area contributed by atoms with Gasteiger partial charge >= 0.3 is 0 Å². The van der Waals surface area contributed by atoms with Crippen molar-refractivity contribution < 1.29 is 0 Å². The van der Waals surface area contributed by atoms with Gasteiger partial charge in [0.25, 0.3) is 0 Å². The molecule has 4 aliphatic rings. The van der Waals surface area contributed by atoms with Gasteiger partial charge in [-0.3, -0.25) is 0 Å². The van der Waals surface area contributed by atoms with Gasteiger partial charge in [-0.25, -0.2) is 0 Å². The van der Waals surface area contributed by atoms with Crippen LogP contribution in [0.4, 0.5) is 28.4 Å². The number of hydrogen-bond acceptors (Lipinski definition) is 2. The molecule has 346 valence electrons. The second kappa shape index (κ2) is 15.2. The van der Waals surface area contributed by atoms with Crippen molar-refractivity contribution in [3.63, 3.8) is 0 Å². The SMILES string of the molecule is Cc1cc2c(cc1N1c3cc4c(cc3Bc3c(-c5cc6c(cc5Nc5ccc(-c7ccccc7)cc5)C(C)(C)CCC6(C)C)cc5ccccc5c31)C(C)(C)CCC4(C)C)C(C)(C)CCC2(C)C. The quantitative estimate of drug-likeness (QED) is 0.173. The number of hydrogen-bond donors (Lipinski definition) is 1. The summed E-state index contributed by atoms with van der Waals surface area (Å²) in [6.45, 7) is 32.1. The first-order valence-electron chi connectivity index (χ1n) is 25.9. The normalized spacial score (nSPS) is 19.7. The summed E-state index contributed by atoms with van der Waals surface area (Å²) >= 11 is 0. The zero-order valence-corrected chi connectivity index (χ0v) is 43.4. The Morgan fingerprint density at radius 3 is 1.50 bits per heavy atom. The Morgan fingerprint density at radius 1 is 0.441 bits per heavy atom. The van der Waals surface area contributed by atoms with E-state index in [1.54, 1.807) is 0 Å². The molecule has 11 rings (SSSR count). The van der Waals surface area contributed by atoms with Crippen LogP contribution in [0.1, 0.15) is 161 Å². The maximum atomic E-state index is 4.09. The molecule has 1 aliphatic heterocycles. The van der Waals surface area contributed by atoms with E-state index >= 15 is 0 Å². The topological polar surface area (TPSA) is 15.3 Å². The number of fused-ring (bicyclic) bond motifs is 7. The first-order chi connectivity index (χ1) is 32.0. The second-order valence-electron chi connectivity index (χ2n) is 25.5. The van der Waals surface area contributed by atoms with E-state index in [2.05, 4.69) is 222 Å². The van der Waals surface area contributed by atoms with Crippen LogP contribution >= 0.6 is 0 Å². The largest absolute Gasteiger partial charge is 0.355 e. The number of aryl methyl sites for hydroxylation is 1. The van der Waals surface area contributed by atoms with Crippen LogP contribution in [-0.2, 0) is 32.5 Å². The van der Waals surface area contributed by atoms with Crippen molar-refractivity contribution >= 4 is 57.4 Å². The summed E-state index contributed by atoms with van der Waals surface area (Å²) in [6, 6.07) is 47.3. The van der Waals surface area contributed by atoms with Crippen LogP contribution in [0.5, 0.6) is 0 Å². The fourth-order valence-electron chi connectivity index (χ4n) is 13.0. The molecule has 0 atom stereocenters. The summed E-state index contributed by atoms with van der Waals surface area (Å²) in [5.74, 6) is 0. The molecule has 68 heavy (non-hydrogen) atoms. The maximum absolute atomic E-state index is 4.09. The van der Waals surface area contributed by atoms with Crippen molar-refractivity contribution in [1.29, 1.82) is 0 Å². The summed E-state index contributed by atoms with van der Waals surface area (Å²) in [5, 5.41) is 6.68. The first kappa shape index (κ1) is 44.9. The molecule has 7 aromatic carbocycles. The summed E-state index contributed by atoms with van der Waals surface area (Å²) in [7, 11) is 0.866. The molecule has 0 spiro atoms. The molecule has 0 amide bonds. The molecular weight excluding hydrogens is 820 g/mol. The molecule has 2 nitrogen and oxygen atoms in total. The van der Waals surface area contributed by atoms with E-state index in [4.69, 9.17) is 0 Å². The molecule has 0 saturated carbocycles. The van der Waals surface area contributed by atoms with Gasteiger partial charge in [-0.2, -0.15) is 0 Å². The Hall–Kier alpha value is -5.54. The third-order valence-corrected chi connectivity index (χ3v) is 18.0. The monoisotopic (exact) mass is 893 g/mol. The van der Waals surface area contributed by atoms with E-state index in [0.29, 0.717) is 0 Å². The van der Waals surface area contributed by atoms with Crippen LogP contribution < -0.4 is 21.1 Å². The Morgan fingerprint density at radius 2 is 0.912 bits per heavy atom. The highest BCUT2D eigenvalue weighted by Crippen LogP contribution is 2.54. The van der Waals surface area contributed by atoms with Gasteiger partial charge in [0.2, 0.25) is 0 Å². The third kappa shape index (κ3) is 7.19. The highest BCUT2D eigenvalue weighted by molar-refractivity contribution is 6.74. The van der Waals surface area contributed by atoms with Gasteiger partial charge < -0.3 is 10.2 Å². The molecule has 0 bridgehead atoms. The highest BCUT2D eigenvalue weighted by Gasteiger charge is 2.43. The molecule has 3 aliphatic carbocycles. The number of rotatable bonds is 5. The molecule has 0 saturated heterocycles. The Bertz CT molecular complexity index is 3150. The fraction of sp³-hybridized carbons (Fsp3) is 0.385. The summed E-state index contributed by atoms with van der Waals surface area (Å²) in [4.78, 5) is 2.76. The van der Waals surface area contributed by atoms with Gasteiger partial charge in [-0.15, -0.1) is 0 Å². The lowest BCUT2D eigenvalue weighted by molar-refractivity contribution is 0.331. The zero-order valence-electron chi connectivity index (χ0n) is 43.4. The minimum absolute atomic E-state index is 0.0449. The smallest absolute Gasteiger partial charge is 0.198 e. The number of nitrogens with one attached hydrogen (secondary N) is 1. The van der Waals surface area contributed by atoms with Gasteiger partial charge in [0, 0.05) is 39.4 Å². The average molecular weight is 893 g/mol. The first-order valence-corrected chi connectivity index (χ1v) is 25.9. The van der Waals surface area contributed by atoms with Gasteiger partial charge in [-0.05, 0) is 187 Å². The molecule has 0 fully saturated rings. The lowest BCUT2D eigenvalue weighted by Gasteiger charge is -2.46. The number of benzene rings is 7. The van der Waals surface area contributed by atoms with Gasteiger partial charge in [-0.1, -0.05) is 167 Å². The van der Waals surface area contributed by atoms with Gasteiger partial charge in [0.1, 0.15) is 0 Å². The van der Waals surface area contributed by atoms with Crippen LogP contribution in [0.3, 0.4) is 0 Å².